The Morgan fingerprint density at radius 1 is 1.35 bits per heavy atom. The standard InChI is InChI=1S/C15H19NO4/c1-10-6-7-16(13(10)9-17)14(18)8-11-4-2-3-5-12(11)15(19)20/h2-5,10,13,17H,6-9H2,1H3,(H,19,20). The van der Waals surface area contributed by atoms with Crippen LogP contribution in [0.5, 0.6) is 0 Å². The topological polar surface area (TPSA) is 77.8 Å². The Balaban J connectivity index is 2.14. The summed E-state index contributed by atoms with van der Waals surface area (Å²) in [7, 11) is 0. The summed E-state index contributed by atoms with van der Waals surface area (Å²) in [5.74, 6) is -0.873. The molecule has 0 radical (unpaired) electrons. The van der Waals surface area contributed by atoms with Gasteiger partial charge in [0.25, 0.3) is 0 Å². The third-order valence-electron chi connectivity index (χ3n) is 3.98. The van der Waals surface area contributed by atoms with Crippen LogP contribution in [-0.4, -0.2) is 46.2 Å². The maximum Gasteiger partial charge on any atom is 0.335 e. The number of rotatable bonds is 4. The first-order valence-electron chi connectivity index (χ1n) is 6.76. The number of hydrogen-bond acceptors (Lipinski definition) is 3. The number of amides is 1. The number of carbonyl (C=O) groups is 2. The second kappa shape index (κ2) is 6.05. The fraction of sp³-hybridized carbons (Fsp3) is 0.467. The van der Waals surface area contributed by atoms with Crippen molar-refractivity contribution < 1.29 is 19.8 Å². The van der Waals surface area contributed by atoms with Crippen LogP contribution in [-0.2, 0) is 11.2 Å². The van der Waals surface area contributed by atoms with E-state index in [1.54, 1.807) is 23.1 Å². The fourth-order valence-corrected chi connectivity index (χ4v) is 2.74. The predicted molar refractivity (Wildman–Crippen MR) is 73.5 cm³/mol. The molecule has 1 aliphatic heterocycles. The Morgan fingerprint density at radius 2 is 2.05 bits per heavy atom. The van der Waals surface area contributed by atoms with E-state index in [4.69, 9.17) is 5.11 Å². The lowest BCUT2D eigenvalue weighted by atomic mass is 10.0. The maximum absolute atomic E-state index is 12.3. The van der Waals surface area contributed by atoms with Gasteiger partial charge in [-0.25, -0.2) is 4.79 Å². The number of aliphatic hydroxyl groups is 1. The van der Waals surface area contributed by atoms with Crippen molar-refractivity contribution in [3.63, 3.8) is 0 Å². The van der Waals surface area contributed by atoms with Gasteiger partial charge in [0.1, 0.15) is 0 Å². The van der Waals surface area contributed by atoms with Crippen LogP contribution in [0.3, 0.4) is 0 Å². The van der Waals surface area contributed by atoms with Crippen LogP contribution in [0.4, 0.5) is 0 Å². The summed E-state index contributed by atoms with van der Waals surface area (Å²) in [6.07, 6.45) is 0.934. The van der Waals surface area contributed by atoms with Gasteiger partial charge in [-0.15, -0.1) is 0 Å². The molecule has 0 spiro atoms. The van der Waals surface area contributed by atoms with Crippen molar-refractivity contribution >= 4 is 11.9 Å². The first-order valence-corrected chi connectivity index (χ1v) is 6.76. The monoisotopic (exact) mass is 277 g/mol. The summed E-state index contributed by atoms with van der Waals surface area (Å²) >= 11 is 0. The van der Waals surface area contributed by atoms with Gasteiger partial charge < -0.3 is 15.1 Å². The minimum atomic E-state index is -1.03. The molecular formula is C15H19NO4. The van der Waals surface area contributed by atoms with E-state index in [1.807, 2.05) is 6.92 Å². The SMILES string of the molecule is CC1CCN(C(=O)Cc2ccccc2C(=O)O)C1CO. The Labute approximate surface area is 117 Å². The van der Waals surface area contributed by atoms with E-state index < -0.39 is 5.97 Å². The van der Waals surface area contributed by atoms with E-state index >= 15 is 0 Å². The molecular weight excluding hydrogens is 258 g/mol. The van der Waals surface area contributed by atoms with Crippen LogP contribution in [0.1, 0.15) is 29.3 Å². The van der Waals surface area contributed by atoms with Gasteiger partial charge in [0.2, 0.25) is 5.91 Å². The van der Waals surface area contributed by atoms with Crippen molar-refractivity contribution in [2.24, 2.45) is 5.92 Å². The summed E-state index contributed by atoms with van der Waals surface area (Å²) in [5.41, 5.74) is 0.676. The molecule has 1 heterocycles. The van der Waals surface area contributed by atoms with Crippen molar-refractivity contribution in [1.29, 1.82) is 0 Å². The van der Waals surface area contributed by atoms with E-state index in [9.17, 15) is 14.7 Å². The summed E-state index contributed by atoms with van der Waals surface area (Å²) < 4.78 is 0. The first kappa shape index (κ1) is 14.5. The molecule has 2 atom stereocenters. The Hall–Kier alpha value is -1.88. The van der Waals surface area contributed by atoms with Crippen LogP contribution in [0.2, 0.25) is 0 Å². The number of carboxylic acids is 1. The second-order valence-corrected chi connectivity index (χ2v) is 5.24. The highest BCUT2D eigenvalue weighted by Crippen LogP contribution is 2.24. The Kier molecular flexibility index (Phi) is 4.39. The zero-order valence-corrected chi connectivity index (χ0v) is 11.5. The number of benzene rings is 1. The molecule has 2 unspecified atom stereocenters. The lowest BCUT2D eigenvalue weighted by molar-refractivity contribution is -0.132. The number of aliphatic hydroxyl groups excluding tert-OH is 1. The molecule has 5 heteroatoms. The van der Waals surface area contributed by atoms with Crippen LogP contribution in [0.15, 0.2) is 24.3 Å². The molecule has 0 bridgehead atoms. The van der Waals surface area contributed by atoms with E-state index in [0.29, 0.717) is 12.1 Å². The Morgan fingerprint density at radius 3 is 2.70 bits per heavy atom. The van der Waals surface area contributed by atoms with Crippen molar-refractivity contribution in [3.8, 4) is 0 Å². The normalized spacial score (nSPS) is 22.0. The molecule has 1 amide bonds. The average molecular weight is 277 g/mol. The number of carbonyl (C=O) groups excluding carboxylic acids is 1. The van der Waals surface area contributed by atoms with Gasteiger partial charge in [-0.05, 0) is 24.0 Å². The molecule has 1 aliphatic rings. The minimum absolute atomic E-state index is 0.0481. The number of nitrogens with zero attached hydrogens (tertiary/aromatic N) is 1. The second-order valence-electron chi connectivity index (χ2n) is 5.24. The molecule has 1 aromatic carbocycles. The highest BCUT2D eigenvalue weighted by Gasteiger charge is 2.33. The number of aromatic carboxylic acids is 1. The third-order valence-corrected chi connectivity index (χ3v) is 3.98. The molecule has 5 nitrogen and oxygen atoms in total. The van der Waals surface area contributed by atoms with Gasteiger partial charge in [0.15, 0.2) is 0 Å². The molecule has 1 aromatic rings. The number of hydrogen-bond donors (Lipinski definition) is 2. The summed E-state index contributed by atoms with van der Waals surface area (Å²) in [6, 6.07) is 6.38. The summed E-state index contributed by atoms with van der Waals surface area (Å²) in [6.45, 7) is 2.59. The van der Waals surface area contributed by atoms with Crippen molar-refractivity contribution in [2.45, 2.75) is 25.8 Å². The van der Waals surface area contributed by atoms with E-state index in [-0.39, 0.29) is 36.5 Å². The molecule has 0 aromatic heterocycles. The quantitative estimate of drug-likeness (QED) is 0.865. The first-order chi connectivity index (χ1) is 9.54. The highest BCUT2D eigenvalue weighted by molar-refractivity contribution is 5.91. The van der Waals surface area contributed by atoms with E-state index in [2.05, 4.69) is 0 Å². The van der Waals surface area contributed by atoms with Gasteiger partial charge in [-0.2, -0.15) is 0 Å². The summed E-state index contributed by atoms with van der Waals surface area (Å²) in [5, 5.41) is 18.5. The van der Waals surface area contributed by atoms with Crippen LogP contribution in [0.25, 0.3) is 0 Å². The third kappa shape index (κ3) is 2.82. The van der Waals surface area contributed by atoms with Crippen molar-refractivity contribution in [3.05, 3.63) is 35.4 Å². The lowest BCUT2D eigenvalue weighted by Crippen LogP contribution is -2.40. The number of likely N-dealkylation sites (tertiary alicyclic amines) is 1. The molecule has 1 fully saturated rings. The average Bonchev–Trinajstić information content (AvgIpc) is 2.80. The van der Waals surface area contributed by atoms with Gasteiger partial charge in [0, 0.05) is 6.54 Å². The molecule has 0 aliphatic carbocycles. The predicted octanol–water partition coefficient (Wildman–Crippen LogP) is 1.16. The minimum Gasteiger partial charge on any atom is -0.478 e. The van der Waals surface area contributed by atoms with Gasteiger partial charge in [-0.3, -0.25) is 4.79 Å². The molecule has 1 saturated heterocycles. The van der Waals surface area contributed by atoms with Crippen LogP contribution < -0.4 is 0 Å². The van der Waals surface area contributed by atoms with Crippen LogP contribution in [0, 0.1) is 5.92 Å². The Bertz CT molecular complexity index is 514. The van der Waals surface area contributed by atoms with E-state index in [1.165, 1.54) is 6.07 Å². The van der Waals surface area contributed by atoms with Gasteiger partial charge >= 0.3 is 5.97 Å². The van der Waals surface area contributed by atoms with Crippen molar-refractivity contribution in [2.75, 3.05) is 13.2 Å². The molecule has 20 heavy (non-hydrogen) atoms. The van der Waals surface area contributed by atoms with E-state index in [0.717, 1.165) is 6.42 Å². The number of carboxylic acid groups (broad SMARTS) is 1. The zero-order valence-electron chi connectivity index (χ0n) is 11.5. The smallest absolute Gasteiger partial charge is 0.335 e. The molecule has 2 N–H and O–H groups in total. The maximum atomic E-state index is 12.3. The molecule has 0 saturated carbocycles. The summed E-state index contributed by atoms with van der Waals surface area (Å²) in [4.78, 5) is 25.1. The van der Waals surface area contributed by atoms with Gasteiger partial charge in [-0.1, -0.05) is 25.1 Å². The highest BCUT2D eigenvalue weighted by atomic mass is 16.4. The van der Waals surface area contributed by atoms with Crippen LogP contribution >= 0.6 is 0 Å². The largest absolute Gasteiger partial charge is 0.478 e. The molecule has 2 rings (SSSR count). The van der Waals surface area contributed by atoms with Crippen molar-refractivity contribution in [1.82, 2.24) is 4.90 Å². The fourth-order valence-electron chi connectivity index (χ4n) is 2.74. The molecule has 108 valence electrons. The zero-order chi connectivity index (χ0) is 14.7. The van der Waals surface area contributed by atoms with Gasteiger partial charge in [0.05, 0.1) is 24.6 Å². The lowest BCUT2D eigenvalue weighted by Gasteiger charge is -2.25.